The molecule has 0 aromatic heterocycles. The summed E-state index contributed by atoms with van der Waals surface area (Å²) in [6.45, 7) is 1.90. The zero-order chi connectivity index (χ0) is 15.6. The van der Waals surface area contributed by atoms with Crippen LogP contribution in [-0.4, -0.2) is 41.1 Å². The molecule has 5 nitrogen and oxygen atoms in total. The second-order valence-corrected chi connectivity index (χ2v) is 5.48. The minimum Gasteiger partial charge on any atom is -0.480 e. The number of benzene rings is 1. The number of halogens is 1. The Bertz CT molecular complexity index is 564. The topological polar surface area (TPSA) is 60.9 Å². The molecule has 1 aliphatic heterocycles. The van der Waals surface area contributed by atoms with E-state index >= 15 is 0 Å². The molecule has 1 unspecified atom stereocenters. The van der Waals surface area contributed by atoms with Gasteiger partial charge in [-0.3, -0.25) is 4.90 Å². The van der Waals surface area contributed by atoms with E-state index in [0.29, 0.717) is 13.0 Å². The number of carboxylic acid groups (broad SMARTS) is 1. The molecule has 0 saturated carbocycles. The summed E-state index contributed by atoms with van der Waals surface area (Å²) < 4.78 is 13.8. The van der Waals surface area contributed by atoms with Gasteiger partial charge in [0.25, 0.3) is 0 Å². The fourth-order valence-electron chi connectivity index (χ4n) is 2.66. The number of hydrogen-bond donors (Lipinski definition) is 1. The van der Waals surface area contributed by atoms with E-state index in [9.17, 15) is 19.1 Å². The van der Waals surface area contributed by atoms with Crippen LogP contribution in [0, 0.1) is 5.82 Å². The van der Waals surface area contributed by atoms with Gasteiger partial charge in [-0.15, -0.1) is 0 Å². The van der Waals surface area contributed by atoms with E-state index in [1.165, 1.54) is 29.0 Å². The summed E-state index contributed by atoms with van der Waals surface area (Å²) in [6.07, 6.45) is 1.91. The van der Waals surface area contributed by atoms with E-state index in [1.54, 1.807) is 19.1 Å². The predicted molar refractivity (Wildman–Crippen MR) is 76.8 cm³/mol. The number of urea groups is 1. The van der Waals surface area contributed by atoms with E-state index < -0.39 is 23.4 Å². The Morgan fingerprint density at radius 1 is 1.33 bits per heavy atom. The lowest BCUT2D eigenvalue weighted by Gasteiger charge is -2.43. The minimum absolute atomic E-state index is 0.140. The number of rotatable bonds is 2. The zero-order valence-electron chi connectivity index (χ0n) is 12.2. The lowest BCUT2D eigenvalue weighted by atomic mass is 9.89. The van der Waals surface area contributed by atoms with Crippen LogP contribution in [0.25, 0.3) is 0 Å². The molecule has 1 heterocycles. The van der Waals surface area contributed by atoms with Crippen LogP contribution in [0.3, 0.4) is 0 Å². The average molecular weight is 294 g/mol. The van der Waals surface area contributed by atoms with Gasteiger partial charge in [-0.25, -0.2) is 14.0 Å². The van der Waals surface area contributed by atoms with Gasteiger partial charge >= 0.3 is 12.0 Å². The van der Waals surface area contributed by atoms with Crippen molar-refractivity contribution in [1.82, 2.24) is 4.90 Å². The Balaban J connectivity index is 2.29. The van der Waals surface area contributed by atoms with Crippen LogP contribution >= 0.6 is 0 Å². The second-order valence-electron chi connectivity index (χ2n) is 5.48. The van der Waals surface area contributed by atoms with Crippen molar-refractivity contribution in [3.05, 3.63) is 30.1 Å². The summed E-state index contributed by atoms with van der Waals surface area (Å²) in [4.78, 5) is 26.6. The number of hydrogen-bond acceptors (Lipinski definition) is 2. The number of amides is 2. The quantitative estimate of drug-likeness (QED) is 0.912. The molecule has 21 heavy (non-hydrogen) atoms. The average Bonchev–Trinajstić information content (AvgIpc) is 2.46. The highest BCUT2D eigenvalue weighted by Crippen LogP contribution is 2.30. The third kappa shape index (κ3) is 2.70. The van der Waals surface area contributed by atoms with Crippen molar-refractivity contribution >= 4 is 17.7 Å². The van der Waals surface area contributed by atoms with Crippen molar-refractivity contribution in [2.45, 2.75) is 31.7 Å². The van der Waals surface area contributed by atoms with Crippen LogP contribution in [0.15, 0.2) is 24.3 Å². The molecule has 0 radical (unpaired) electrons. The molecule has 2 amide bonds. The molecule has 0 aliphatic carbocycles. The van der Waals surface area contributed by atoms with Crippen LogP contribution in [0.2, 0.25) is 0 Å². The molecule has 1 aromatic carbocycles. The van der Waals surface area contributed by atoms with Crippen molar-refractivity contribution in [3.63, 3.8) is 0 Å². The molecule has 1 aliphatic rings. The zero-order valence-corrected chi connectivity index (χ0v) is 12.2. The van der Waals surface area contributed by atoms with Gasteiger partial charge in [0, 0.05) is 13.6 Å². The van der Waals surface area contributed by atoms with Gasteiger partial charge in [0.1, 0.15) is 11.4 Å². The Morgan fingerprint density at radius 2 is 2.00 bits per heavy atom. The SMILES string of the molecule is CN(C(=O)N1CCCCC1(C)C(=O)O)c1ccccc1F. The summed E-state index contributed by atoms with van der Waals surface area (Å²) in [7, 11) is 1.46. The first-order valence-electron chi connectivity index (χ1n) is 6.91. The summed E-state index contributed by atoms with van der Waals surface area (Å²) >= 11 is 0. The first kappa shape index (κ1) is 15.3. The van der Waals surface area contributed by atoms with E-state index in [2.05, 4.69) is 0 Å². The Kier molecular flexibility index (Phi) is 4.16. The smallest absolute Gasteiger partial charge is 0.329 e. The van der Waals surface area contributed by atoms with Gasteiger partial charge in [-0.05, 0) is 38.3 Å². The van der Waals surface area contributed by atoms with Gasteiger partial charge in [0.2, 0.25) is 0 Å². The van der Waals surface area contributed by atoms with Gasteiger partial charge < -0.3 is 10.0 Å². The van der Waals surface area contributed by atoms with Crippen molar-refractivity contribution in [3.8, 4) is 0 Å². The largest absolute Gasteiger partial charge is 0.480 e. The number of carbonyl (C=O) groups is 2. The maximum absolute atomic E-state index is 13.8. The van der Waals surface area contributed by atoms with Crippen LogP contribution in [0.1, 0.15) is 26.2 Å². The Hall–Kier alpha value is -2.11. The monoisotopic (exact) mass is 294 g/mol. The molecule has 0 bridgehead atoms. The fourth-order valence-corrected chi connectivity index (χ4v) is 2.66. The number of nitrogens with zero attached hydrogens (tertiary/aromatic N) is 2. The van der Waals surface area contributed by atoms with Crippen molar-refractivity contribution in [2.24, 2.45) is 0 Å². The number of aliphatic carboxylic acids is 1. The number of carbonyl (C=O) groups excluding carboxylic acids is 1. The summed E-state index contributed by atoms with van der Waals surface area (Å²) in [5.74, 6) is -1.54. The standard InChI is InChI=1S/C15H19FN2O3/c1-15(13(19)20)9-5-6-10-18(15)14(21)17(2)12-8-4-3-7-11(12)16/h3-4,7-8H,5-6,9-10H2,1-2H3,(H,19,20). The highest BCUT2D eigenvalue weighted by atomic mass is 19.1. The van der Waals surface area contributed by atoms with E-state index in [4.69, 9.17) is 0 Å². The maximum Gasteiger partial charge on any atom is 0.329 e. The van der Waals surface area contributed by atoms with Crippen molar-refractivity contribution in [1.29, 1.82) is 0 Å². The van der Waals surface area contributed by atoms with E-state index in [0.717, 1.165) is 12.8 Å². The molecule has 1 fully saturated rings. The molecule has 114 valence electrons. The highest BCUT2D eigenvalue weighted by molar-refractivity contribution is 5.95. The summed E-state index contributed by atoms with van der Waals surface area (Å²) in [6, 6.07) is 5.44. The van der Waals surface area contributed by atoms with Crippen molar-refractivity contribution in [2.75, 3.05) is 18.5 Å². The van der Waals surface area contributed by atoms with Crippen molar-refractivity contribution < 1.29 is 19.1 Å². The maximum atomic E-state index is 13.8. The van der Waals surface area contributed by atoms with Gasteiger partial charge in [-0.1, -0.05) is 12.1 Å². The molecule has 1 N–H and O–H groups in total. The normalized spacial score (nSPS) is 22.0. The van der Waals surface area contributed by atoms with E-state index in [-0.39, 0.29) is 5.69 Å². The molecule has 1 aromatic rings. The number of likely N-dealkylation sites (tertiary alicyclic amines) is 1. The molecule has 1 saturated heterocycles. The van der Waals surface area contributed by atoms with Crippen LogP contribution in [0.4, 0.5) is 14.9 Å². The fraction of sp³-hybridized carbons (Fsp3) is 0.467. The number of anilines is 1. The molecule has 1 atom stereocenters. The first-order chi connectivity index (χ1) is 9.88. The highest BCUT2D eigenvalue weighted by Gasteiger charge is 2.45. The summed E-state index contributed by atoms with van der Waals surface area (Å²) in [5, 5.41) is 9.44. The van der Waals surface area contributed by atoms with Gasteiger partial charge in [0.05, 0.1) is 5.69 Å². The molecule has 6 heteroatoms. The Morgan fingerprint density at radius 3 is 2.62 bits per heavy atom. The minimum atomic E-state index is -1.24. The van der Waals surface area contributed by atoms with Crippen LogP contribution in [-0.2, 0) is 4.79 Å². The van der Waals surface area contributed by atoms with Gasteiger partial charge in [-0.2, -0.15) is 0 Å². The molecule has 2 rings (SSSR count). The molecule has 0 spiro atoms. The third-order valence-corrected chi connectivity index (χ3v) is 4.08. The van der Waals surface area contributed by atoms with E-state index in [1.807, 2.05) is 0 Å². The van der Waals surface area contributed by atoms with Crippen LogP contribution in [0.5, 0.6) is 0 Å². The Labute approximate surface area is 123 Å². The predicted octanol–water partition coefficient (Wildman–Crippen LogP) is 2.71. The van der Waals surface area contributed by atoms with Gasteiger partial charge in [0.15, 0.2) is 0 Å². The first-order valence-corrected chi connectivity index (χ1v) is 6.91. The number of carboxylic acids is 1. The summed E-state index contributed by atoms with van der Waals surface area (Å²) in [5.41, 5.74) is -1.10. The second kappa shape index (κ2) is 5.71. The molecular formula is C15H19FN2O3. The third-order valence-electron chi connectivity index (χ3n) is 4.08. The number of para-hydroxylation sites is 1. The van der Waals surface area contributed by atoms with Crippen LogP contribution < -0.4 is 4.90 Å². The lowest BCUT2D eigenvalue weighted by Crippen LogP contribution is -2.60. The lowest BCUT2D eigenvalue weighted by molar-refractivity contribution is -0.150. The number of piperidine rings is 1. The molecular weight excluding hydrogens is 275 g/mol.